The van der Waals surface area contributed by atoms with Gasteiger partial charge in [-0.1, -0.05) is 221 Å². The lowest BCUT2D eigenvalue weighted by Crippen LogP contribution is -2.61. The van der Waals surface area contributed by atoms with Gasteiger partial charge in [0.2, 0.25) is 5.91 Å². The number of hydrogen-bond donors (Lipinski definition) is 6. The summed E-state index contributed by atoms with van der Waals surface area (Å²) in [7, 11) is 0. The molecule has 1 heterocycles. The van der Waals surface area contributed by atoms with Gasteiger partial charge in [0.15, 0.2) is 12.4 Å². The Hall–Kier alpha value is -3.16. The predicted molar refractivity (Wildman–Crippen MR) is 301 cm³/mol. The van der Waals surface area contributed by atoms with Crippen molar-refractivity contribution >= 4 is 11.9 Å². The number of nitrogens with one attached hydrogen (secondary N) is 1. The van der Waals surface area contributed by atoms with Crippen LogP contribution in [0.15, 0.2) is 85.1 Å². The smallest absolute Gasteiger partial charge is 0.306 e. The molecule has 8 unspecified atom stereocenters. The van der Waals surface area contributed by atoms with E-state index in [-0.39, 0.29) is 19.4 Å². The third-order valence-electron chi connectivity index (χ3n) is 13.3. The Labute approximate surface area is 444 Å². The summed E-state index contributed by atoms with van der Waals surface area (Å²) in [5.41, 5.74) is 0. The summed E-state index contributed by atoms with van der Waals surface area (Å²) in [5.74, 6) is -1.22. The van der Waals surface area contributed by atoms with Crippen molar-refractivity contribution < 1.29 is 49.3 Å². The summed E-state index contributed by atoms with van der Waals surface area (Å²) in [4.78, 5) is 26.4. The molecular weight excluding hydrogens is 919 g/mol. The van der Waals surface area contributed by atoms with E-state index in [1.807, 2.05) is 6.08 Å². The molecule has 1 saturated heterocycles. The standard InChI is InChI=1S/C62H107NO10/c1-4-7-10-13-16-19-22-23-24-25-26-27-28-29-30-31-32-35-37-40-43-46-49-55(66)61(70)63-53(54(65)48-45-42-39-36-33-20-17-14-11-8-5-2)52-71-62-60(59(69)58(68)56(51-64)72-62)73-57(67)50-47-44-41-38-34-21-18-15-12-9-6-3/h7,10,15-16,18-19,23-24,26-27,29-30,45,48,53-56,58-60,62,64-66,68-69H,4-6,8-9,11-14,17,20-22,25,28,31-44,46-47,49-52H2,1-3H3,(H,63,70)/b10-7-,18-15-,19-16-,24-23-,27-26-,30-29-,48-45+. The van der Waals surface area contributed by atoms with E-state index in [0.29, 0.717) is 12.8 Å². The molecule has 0 saturated carbocycles. The largest absolute Gasteiger partial charge is 0.454 e. The first-order valence-electron chi connectivity index (χ1n) is 29.4. The van der Waals surface area contributed by atoms with Crippen LogP contribution in [0.4, 0.5) is 0 Å². The van der Waals surface area contributed by atoms with Crippen LogP contribution >= 0.6 is 0 Å². The fourth-order valence-electron chi connectivity index (χ4n) is 8.60. The Morgan fingerprint density at radius 3 is 1.53 bits per heavy atom. The molecule has 0 aromatic heterocycles. The zero-order chi connectivity index (χ0) is 53.3. The number of aliphatic hydroxyl groups is 5. The Bertz CT molecular complexity index is 1510. The third kappa shape index (κ3) is 38.1. The second-order valence-corrected chi connectivity index (χ2v) is 20.0. The van der Waals surface area contributed by atoms with Crippen LogP contribution in [0.25, 0.3) is 0 Å². The van der Waals surface area contributed by atoms with E-state index in [1.54, 1.807) is 6.08 Å². The van der Waals surface area contributed by atoms with E-state index < -0.39 is 67.4 Å². The fraction of sp³-hybridized carbons (Fsp3) is 0.742. The van der Waals surface area contributed by atoms with E-state index >= 15 is 0 Å². The first-order chi connectivity index (χ1) is 35.7. The Balaban J connectivity index is 2.68. The van der Waals surface area contributed by atoms with Gasteiger partial charge in [-0.3, -0.25) is 9.59 Å². The zero-order valence-corrected chi connectivity index (χ0v) is 46.2. The number of hydrogen-bond acceptors (Lipinski definition) is 10. The van der Waals surface area contributed by atoms with Gasteiger partial charge in [0.25, 0.3) is 0 Å². The number of esters is 1. The van der Waals surface area contributed by atoms with Crippen molar-refractivity contribution in [3.8, 4) is 0 Å². The molecule has 0 bridgehead atoms. The average molecular weight is 1030 g/mol. The van der Waals surface area contributed by atoms with Crippen LogP contribution in [0, 0.1) is 0 Å². The van der Waals surface area contributed by atoms with E-state index in [4.69, 9.17) is 14.2 Å². The highest BCUT2D eigenvalue weighted by molar-refractivity contribution is 5.80. The van der Waals surface area contributed by atoms with Crippen LogP contribution in [0.5, 0.6) is 0 Å². The molecule has 0 aliphatic carbocycles. The highest BCUT2D eigenvalue weighted by Crippen LogP contribution is 2.26. The molecule has 1 amide bonds. The first-order valence-corrected chi connectivity index (χ1v) is 29.4. The molecule has 420 valence electrons. The van der Waals surface area contributed by atoms with Crippen LogP contribution in [0.1, 0.15) is 233 Å². The van der Waals surface area contributed by atoms with Crippen molar-refractivity contribution in [3.05, 3.63) is 85.1 Å². The minimum Gasteiger partial charge on any atom is -0.454 e. The maximum absolute atomic E-state index is 13.4. The molecule has 0 aromatic carbocycles. The highest BCUT2D eigenvalue weighted by Gasteiger charge is 2.47. The average Bonchev–Trinajstić information content (AvgIpc) is 3.39. The molecule has 11 heteroatoms. The molecule has 1 rings (SSSR count). The minimum atomic E-state index is -1.62. The number of rotatable bonds is 48. The number of ether oxygens (including phenoxy) is 3. The van der Waals surface area contributed by atoms with E-state index in [0.717, 1.165) is 128 Å². The van der Waals surface area contributed by atoms with Gasteiger partial charge in [-0.2, -0.15) is 0 Å². The zero-order valence-electron chi connectivity index (χ0n) is 46.2. The van der Waals surface area contributed by atoms with Crippen LogP contribution in [0.3, 0.4) is 0 Å². The molecule has 6 N–H and O–H groups in total. The third-order valence-corrected chi connectivity index (χ3v) is 13.3. The highest BCUT2D eigenvalue weighted by atomic mass is 16.7. The molecule has 0 spiro atoms. The lowest BCUT2D eigenvalue weighted by molar-refractivity contribution is -0.305. The van der Waals surface area contributed by atoms with Gasteiger partial charge in [0.1, 0.15) is 24.4 Å². The Kier molecular flexibility index (Phi) is 46.2. The topological polar surface area (TPSA) is 175 Å². The number of allylic oxidation sites excluding steroid dienone is 13. The number of aliphatic hydroxyl groups excluding tert-OH is 5. The number of amides is 1. The molecule has 73 heavy (non-hydrogen) atoms. The second-order valence-electron chi connectivity index (χ2n) is 20.0. The molecular formula is C62H107NO10. The molecule has 1 aliphatic rings. The van der Waals surface area contributed by atoms with Gasteiger partial charge in [-0.25, -0.2) is 0 Å². The fourth-order valence-corrected chi connectivity index (χ4v) is 8.60. The van der Waals surface area contributed by atoms with Gasteiger partial charge in [0.05, 0.1) is 25.4 Å². The lowest BCUT2D eigenvalue weighted by Gasteiger charge is -2.41. The van der Waals surface area contributed by atoms with Crippen LogP contribution in [0.2, 0.25) is 0 Å². The number of carbonyl (C=O) groups excluding carboxylic acids is 2. The van der Waals surface area contributed by atoms with Crippen LogP contribution in [-0.4, -0.2) is 99.6 Å². The number of unbranched alkanes of at least 4 members (excludes halogenated alkanes) is 22. The Morgan fingerprint density at radius 1 is 0.548 bits per heavy atom. The van der Waals surface area contributed by atoms with Crippen molar-refractivity contribution in [1.29, 1.82) is 0 Å². The molecule has 1 aliphatic heterocycles. The lowest BCUT2D eigenvalue weighted by atomic mass is 9.99. The van der Waals surface area contributed by atoms with E-state index in [9.17, 15) is 35.1 Å². The van der Waals surface area contributed by atoms with Crippen molar-refractivity contribution in [2.75, 3.05) is 13.2 Å². The van der Waals surface area contributed by atoms with Gasteiger partial charge in [-0.05, 0) is 89.9 Å². The summed E-state index contributed by atoms with van der Waals surface area (Å²) in [5, 5.41) is 56.8. The van der Waals surface area contributed by atoms with Crippen molar-refractivity contribution in [3.63, 3.8) is 0 Å². The van der Waals surface area contributed by atoms with Gasteiger partial charge in [-0.15, -0.1) is 0 Å². The van der Waals surface area contributed by atoms with Crippen LogP contribution in [-0.2, 0) is 23.8 Å². The SMILES string of the molecule is CC/C=C\C/C=C\C/C=C\C/C=C\C/C=C\CCCCCCCCC(O)C(=O)NC(COC1OC(CO)C(O)C(O)C1OC(=O)CCCCCCC/C=C\CCCC)C(O)/C=C/CCCCCCCCCCC. The van der Waals surface area contributed by atoms with Crippen LogP contribution < -0.4 is 5.32 Å². The maximum Gasteiger partial charge on any atom is 0.306 e. The summed E-state index contributed by atoms with van der Waals surface area (Å²) in [6, 6.07) is -1.03. The van der Waals surface area contributed by atoms with E-state index in [1.165, 1.54) is 57.8 Å². The summed E-state index contributed by atoms with van der Waals surface area (Å²) in [6.45, 7) is 5.59. The summed E-state index contributed by atoms with van der Waals surface area (Å²) in [6.07, 6.45) is 53.5. The monoisotopic (exact) mass is 1030 g/mol. The maximum atomic E-state index is 13.4. The molecule has 1 fully saturated rings. The van der Waals surface area contributed by atoms with Crippen molar-refractivity contribution in [2.24, 2.45) is 0 Å². The van der Waals surface area contributed by atoms with Gasteiger partial charge in [0, 0.05) is 6.42 Å². The van der Waals surface area contributed by atoms with E-state index in [2.05, 4.69) is 99.0 Å². The molecule has 0 aromatic rings. The second kappa shape index (κ2) is 49.7. The Morgan fingerprint density at radius 2 is 1.00 bits per heavy atom. The number of carbonyl (C=O) groups is 2. The van der Waals surface area contributed by atoms with Crippen molar-refractivity contribution in [1.82, 2.24) is 5.32 Å². The van der Waals surface area contributed by atoms with Crippen molar-refractivity contribution in [2.45, 2.75) is 282 Å². The van der Waals surface area contributed by atoms with Gasteiger partial charge < -0.3 is 45.1 Å². The molecule has 0 radical (unpaired) electrons. The quantitative estimate of drug-likeness (QED) is 0.0195. The minimum absolute atomic E-state index is 0.108. The first kappa shape index (κ1) is 67.9. The molecule has 11 nitrogen and oxygen atoms in total. The molecule has 8 atom stereocenters. The predicted octanol–water partition coefficient (Wildman–Crippen LogP) is 13.4. The normalized spacial score (nSPS) is 20.0. The summed E-state index contributed by atoms with van der Waals surface area (Å²) >= 11 is 0. The summed E-state index contributed by atoms with van der Waals surface area (Å²) < 4.78 is 17.5. The van der Waals surface area contributed by atoms with Gasteiger partial charge >= 0.3 is 5.97 Å².